The molecule has 2 aromatic heterocycles. The molecule has 5 heteroatoms. The van der Waals surface area contributed by atoms with Crippen molar-refractivity contribution in [2.75, 3.05) is 7.11 Å². The van der Waals surface area contributed by atoms with Gasteiger partial charge in [0.1, 0.15) is 5.69 Å². The van der Waals surface area contributed by atoms with Crippen LogP contribution in [0.4, 0.5) is 0 Å². The van der Waals surface area contributed by atoms with E-state index in [4.69, 9.17) is 9.84 Å². The lowest BCUT2D eigenvalue weighted by Gasteiger charge is -1.97. The lowest BCUT2D eigenvalue weighted by molar-refractivity contribution is 0.0691. The third kappa shape index (κ3) is 1.19. The van der Waals surface area contributed by atoms with Crippen LogP contribution in [-0.4, -0.2) is 28.2 Å². The number of nitrogens with one attached hydrogen (secondary N) is 1. The van der Waals surface area contributed by atoms with Gasteiger partial charge < -0.3 is 14.8 Å². The summed E-state index contributed by atoms with van der Waals surface area (Å²) in [6.45, 7) is 0. The van der Waals surface area contributed by atoms with Crippen molar-refractivity contribution < 1.29 is 14.6 Å². The molecule has 0 unspecified atom stereocenters. The molecule has 0 atom stereocenters. The second-order valence-electron chi connectivity index (χ2n) is 2.77. The Balaban J connectivity index is 2.70. The Morgan fingerprint density at radius 3 is 3.07 bits per heavy atom. The highest BCUT2D eigenvalue weighted by Gasteiger charge is 2.10. The maximum atomic E-state index is 10.7. The molecule has 5 nitrogen and oxygen atoms in total. The van der Waals surface area contributed by atoms with Gasteiger partial charge in [-0.05, 0) is 12.1 Å². The molecule has 0 bridgehead atoms. The molecule has 72 valence electrons. The van der Waals surface area contributed by atoms with Gasteiger partial charge in [0.15, 0.2) is 0 Å². The summed E-state index contributed by atoms with van der Waals surface area (Å²) >= 11 is 0. The Labute approximate surface area is 79.3 Å². The van der Waals surface area contributed by atoms with E-state index in [2.05, 4.69) is 9.97 Å². The van der Waals surface area contributed by atoms with Crippen molar-refractivity contribution in [1.82, 2.24) is 9.97 Å². The highest BCUT2D eigenvalue weighted by molar-refractivity contribution is 5.95. The average Bonchev–Trinajstić information content (AvgIpc) is 2.60. The number of fused-ring (bicyclic) bond motifs is 1. The summed E-state index contributed by atoms with van der Waals surface area (Å²) in [6, 6.07) is 3.20. The lowest BCUT2D eigenvalue weighted by Crippen LogP contribution is -1.94. The zero-order chi connectivity index (χ0) is 10.1. The van der Waals surface area contributed by atoms with Crippen LogP contribution in [0.15, 0.2) is 18.3 Å². The number of H-pyrrole nitrogens is 1. The van der Waals surface area contributed by atoms with Crippen molar-refractivity contribution in [2.24, 2.45) is 0 Å². The molecule has 2 heterocycles. The van der Waals surface area contributed by atoms with Crippen LogP contribution < -0.4 is 4.74 Å². The third-order valence-corrected chi connectivity index (χ3v) is 1.94. The largest absolute Gasteiger partial charge is 0.481 e. The van der Waals surface area contributed by atoms with Crippen LogP contribution in [0.25, 0.3) is 10.9 Å². The molecule has 0 aliphatic heterocycles. The average molecular weight is 192 g/mol. The van der Waals surface area contributed by atoms with E-state index in [1.807, 2.05) is 0 Å². The molecule has 0 aliphatic carbocycles. The molecule has 2 rings (SSSR count). The fourth-order valence-corrected chi connectivity index (χ4v) is 1.31. The maximum absolute atomic E-state index is 10.7. The second kappa shape index (κ2) is 3.02. The number of aromatic nitrogens is 2. The van der Waals surface area contributed by atoms with Crippen molar-refractivity contribution in [3.63, 3.8) is 0 Å². The summed E-state index contributed by atoms with van der Waals surface area (Å²) in [7, 11) is 1.50. The molecule has 14 heavy (non-hydrogen) atoms. The van der Waals surface area contributed by atoms with Gasteiger partial charge in [-0.3, -0.25) is 0 Å². The van der Waals surface area contributed by atoms with E-state index in [1.165, 1.54) is 13.2 Å². The standard InChI is InChI=1S/C9H8N2O3/c1-14-8-5-4-7(9(12)13)11-6(5)2-3-10-8/h2-4,11H,1H3,(H,12,13). The molecule has 0 radical (unpaired) electrons. The fraction of sp³-hybridized carbons (Fsp3) is 0.111. The molecular formula is C9H8N2O3. The highest BCUT2D eigenvalue weighted by atomic mass is 16.5. The zero-order valence-electron chi connectivity index (χ0n) is 7.44. The molecule has 0 amide bonds. The van der Waals surface area contributed by atoms with Gasteiger partial charge in [-0.2, -0.15) is 0 Å². The summed E-state index contributed by atoms with van der Waals surface area (Å²) in [5.74, 6) is -0.575. The Kier molecular flexibility index (Phi) is 1.85. The summed E-state index contributed by atoms with van der Waals surface area (Å²) in [5, 5.41) is 9.43. The minimum absolute atomic E-state index is 0.131. The highest BCUT2D eigenvalue weighted by Crippen LogP contribution is 2.23. The van der Waals surface area contributed by atoms with Crippen molar-refractivity contribution in [3.8, 4) is 5.88 Å². The first-order chi connectivity index (χ1) is 6.72. The van der Waals surface area contributed by atoms with Crippen molar-refractivity contribution in [1.29, 1.82) is 0 Å². The number of methoxy groups -OCH3 is 1. The Morgan fingerprint density at radius 2 is 2.43 bits per heavy atom. The van der Waals surface area contributed by atoms with Crippen LogP contribution in [-0.2, 0) is 0 Å². The SMILES string of the molecule is COc1nccc2[nH]c(C(=O)O)cc12. The van der Waals surface area contributed by atoms with Crippen LogP contribution in [0.3, 0.4) is 0 Å². The fourth-order valence-electron chi connectivity index (χ4n) is 1.31. The van der Waals surface area contributed by atoms with Gasteiger partial charge in [0.25, 0.3) is 0 Å². The van der Waals surface area contributed by atoms with Crippen LogP contribution in [0.1, 0.15) is 10.5 Å². The summed E-state index contributed by atoms with van der Waals surface area (Å²) in [6.07, 6.45) is 1.56. The smallest absolute Gasteiger partial charge is 0.352 e. The second-order valence-corrected chi connectivity index (χ2v) is 2.77. The van der Waals surface area contributed by atoms with Gasteiger partial charge in [-0.15, -0.1) is 0 Å². The molecule has 2 aromatic rings. The van der Waals surface area contributed by atoms with Gasteiger partial charge >= 0.3 is 5.97 Å². The number of nitrogens with zero attached hydrogens (tertiary/aromatic N) is 1. The normalized spacial score (nSPS) is 10.4. The number of rotatable bonds is 2. The van der Waals surface area contributed by atoms with E-state index >= 15 is 0 Å². The van der Waals surface area contributed by atoms with Crippen molar-refractivity contribution in [3.05, 3.63) is 24.0 Å². The number of aromatic carboxylic acids is 1. The van der Waals surface area contributed by atoms with E-state index in [-0.39, 0.29) is 5.69 Å². The van der Waals surface area contributed by atoms with Crippen LogP contribution >= 0.6 is 0 Å². The Bertz CT molecular complexity index is 490. The molecular weight excluding hydrogens is 184 g/mol. The number of carbonyl (C=O) groups is 1. The molecule has 0 saturated heterocycles. The minimum atomic E-state index is -0.997. The van der Waals surface area contributed by atoms with Gasteiger partial charge in [0.05, 0.1) is 18.0 Å². The third-order valence-electron chi connectivity index (χ3n) is 1.94. The number of carboxylic acid groups (broad SMARTS) is 1. The van der Waals surface area contributed by atoms with E-state index in [9.17, 15) is 4.79 Å². The van der Waals surface area contributed by atoms with Crippen molar-refractivity contribution >= 4 is 16.9 Å². The van der Waals surface area contributed by atoms with Gasteiger partial charge in [-0.1, -0.05) is 0 Å². The summed E-state index contributed by atoms with van der Waals surface area (Å²) in [4.78, 5) is 17.4. The number of pyridine rings is 1. The molecule has 0 aliphatic rings. The summed E-state index contributed by atoms with van der Waals surface area (Å²) < 4.78 is 5.00. The first kappa shape index (κ1) is 8.55. The van der Waals surface area contributed by atoms with E-state index in [0.717, 1.165) is 0 Å². The number of hydrogen-bond acceptors (Lipinski definition) is 3. The number of aromatic amines is 1. The monoisotopic (exact) mass is 192 g/mol. The van der Waals surface area contributed by atoms with Crippen LogP contribution in [0.5, 0.6) is 5.88 Å². The lowest BCUT2D eigenvalue weighted by atomic mass is 10.3. The topological polar surface area (TPSA) is 75.2 Å². The van der Waals surface area contributed by atoms with Crippen LogP contribution in [0.2, 0.25) is 0 Å². The van der Waals surface area contributed by atoms with E-state index in [1.54, 1.807) is 12.3 Å². The van der Waals surface area contributed by atoms with E-state index in [0.29, 0.717) is 16.8 Å². The minimum Gasteiger partial charge on any atom is -0.481 e. The number of hydrogen-bond donors (Lipinski definition) is 2. The molecule has 0 fully saturated rings. The predicted octanol–water partition coefficient (Wildman–Crippen LogP) is 1.27. The molecule has 0 saturated carbocycles. The number of ether oxygens (including phenoxy) is 1. The first-order valence-corrected chi connectivity index (χ1v) is 3.97. The Hall–Kier alpha value is -2.04. The van der Waals surface area contributed by atoms with E-state index < -0.39 is 5.97 Å². The zero-order valence-corrected chi connectivity index (χ0v) is 7.44. The van der Waals surface area contributed by atoms with Gasteiger partial charge in [-0.25, -0.2) is 9.78 Å². The summed E-state index contributed by atoms with van der Waals surface area (Å²) in [5.41, 5.74) is 0.834. The van der Waals surface area contributed by atoms with Gasteiger partial charge in [0, 0.05) is 6.20 Å². The predicted molar refractivity (Wildman–Crippen MR) is 49.6 cm³/mol. The first-order valence-electron chi connectivity index (χ1n) is 3.97. The van der Waals surface area contributed by atoms with Gasteiger partial charge in [0.2, 0.25) is 5.88 Å². The number of carboxylic acids is 1. The Morgan fingerprint density at radius 1 is 1.64 bits per heavy atom. The molecule has 0 aromatic carbocycles. The molecule has 0 spiro atoms. The molecule has 2 N–H and O–H groups in total. The van der Waals surface area contributed by atoms with Crippen molar-refractivity contribution in [2.45, 2.75) is 0 Å². The maximum Gasteiger partial charge on any atom is 0.352 e. The quantitative estimate of drug-likeness (QED) is 0.751. The van der Waals surface area contributed by atoms with Crippen LogP contribution in [0, 0.1) is 0 Å².